The van der Waals surface area contributed by atoms with Gasteiger partial charge in [-0.15, -0.1) is 0 Å². The number of aryl methyl sites for hydroxylation is 1. The SMILES string of the molecule is CCNC(c1cc(Br)ccc1Br)c1cccc(C)c1C. The minimum absolute atomic E-state index is 0.201. The Morgan fingerprint density at radius 2 is 1.80 bits per heavy atom. The van der Waals surface area contributed by atoms with Crippen LogP contribution >= 0.6 is 31.9 Å². The number of rotatable bonds is 4. The summed E-state index contributed by atoms with van der Waals surface area (Å²) in [5.41, 5.74) is 5.28. The van der Waals surface area contributed by atoms with Gasteiger partial charge in [0.05, 0.1) is 6.04 Å². The van der Waals surface area contributed by atoms with Crippen LogP contribution in [0.2, 0.25) is 0 Å². The summed E-state index contributed by atoms with van der Waals surface area (Å²) in [6.07, 6.45) is 0. The smallest absolute Gasteiger partial charge is 0.0590 e. The molecule has 2 aromatic carbocycles. The molecule has 0 aliphatic rings. The van der Waals surface area contributed by atoms with Crippen molar-refractivity contribution in [3.8, 4) is 0 Å². The highest BCUT2D eigenvalue weighted by Crippen LogP contribution is 2.33. The lowest BCUT2D eigenvalue weighted by Gasteiger charge is -2.23. The zero-order valence-electron chi connectivity index (χ0n) is 12.0. The summed E-state index contributed by atoms with van der Waals surface area (Å²) in [5, 5.41) is 3.60. The molecule has 0 aliphatic heterocycles. The molecule has 0 aliphatic carbocycles. The predicted molar refractivity (Wildman–Crippen MR) is 93.3 cm³/mol. The van der Waals surface area contributed by atoms with Gasteiger partial charge in [-0.25, -0.2) is 0 Å². The Kier molecular flexibility index (Phi) is 5.42. The maximum atomic E-state index is 3.68. The average molecular weight is 397 g/mol. The van der Waals surface area contributed by atoms with E-state index in [4.69, 9.17) is 0 Å². The number of hydrogen-bond acceptors (Lipinski definition) is 1. The highest BCUT2D eigenvalue weighted by molar-refractivity contribution is 9.11. The van der Waals surface area contributed by atoms with Crippen molar-refractivity contribution in [3.63, 3.8) is 0 Å². The van der Waals surface area contributed by atoms with E-state index in [0.29, 0.717) is 0 Å². The lowest BCUT2D eigenvalue weighted by Crippen LogP contribution is -2.23. The van der Waals surface area contributed by atoms with Gasteiger partial charge in [0.2, 0.25) is 0 Å². The quantitative estimate of drug-likeness (QED) is 0.716. The average Bonchev–Trinajstić information content (AvgIpc) is 2.43. The van der Waals surface area contributed by atoms with Crippen molar-refractivity contribution in [2.75, 3.05) is 6.54 Å². The summed E-state index contributed by atoms with van der Waals surface area (Å²) in [5.74, 6) is 0. The summed E-state index contributed by atoms with van der Waals surface area (Å²) in [4.78, 5) is 0. The third-order valence-corrected chi connectivity index (χ3v) is 4.85. The van der Waals surface area contributed by atoms with E-state index < -0.39 is 0 Å². The topological polar surface area (TPSA) is 12.0 Å². The van der Waals surface area contributed by atoms with Gasteiger partial charge in [-0.1, -0.05) is 57.0 Å². The van der Waals surface area contributed by atoms with Crippen LogP contribution in [0, 0.1) is 13.8 Å². The second kappa shape index (κ2) is 6.88. The fourth-order valence-corrected chi connectivity index (χ4v) is 3.27. The van der Waals surface area contributed by atoms with Crippen molar-refractivity contribution in [3.05, 3.63) is 67.6 Å². The minimum Gasteiger partial charge on any atom is -0.306 e. The van der Waals surface area contributed by atoms with Gasteiger partial charge in [0.15, 0.2) is 0 Å². The fourth-order valence-electron chi connectivity index (χ4n) is 2.41. The van der Waals surface area contributed by atoms with Gasteiger partial charge in [0.1, 0.15) is 0 Å². The van der Waals surface area contributed by atoms with E-state index in [1.807, 2.05) is 0 Å². The van der Waals surface area contributed by atoms with Crippen molar-refractivity contribution in [2.24, 2.45) is 0 Å². The van der Waals surface area contributed by atoms with Crippen LogP contribution in [-0.4, -0.2) is 6.54 Å². The first-order valence-corrected chi connectivity index (χ1v) is 8.37. The molecular weight excluding hydrogens is 378 g/mol. The van der Waals surface area contributed by atoms with E-state index in [2.05, 4.69) is 94.3 Å². The van der Waals surface area contributed by atoms with Gasteiger partial charge in [0, 0.05) is 8.95 Å². The first kappa shape index (κ1) is 15.7. The second-order valence-corrected chi connectivity index (χ2v) is 6.72. The summed E-state index contributed by atoms with van der Waals surface area (Å²) < 4.78 is 2.23. The molecule has 0 fully saturated rings. The normalized spacial score (nSPS) is 12.4. The molecule has 0 saturated heterocycles. The highest BCUT2D eigenvalue weighted by atomic mass is 79.9. The van der Waals surface area contributed by atoms with Gasteiger partial charge >= 0.3 is 0 Å². The van der Waals surface area contributed by atoms with Crippen LogP contribution in [0.1, 0.15) is 35.2 Å². The summed E-state index contributed by atoms with van der Waals surface area (Å²) in [6, 6.07) is 13.0. The Balaban J connectivity index is 2.56. The number of benzene rings is 2. The molecule has 0 spiro atoms. The molecule has 0 bridgehead atoms. The zero-order chi connectivity index (χ0) is 14.7. The van der Waals surface area contributed by atoms with Crippen molar-refractivity contribution >= 4 is 31.9 Å². The van der Waals surface area contributed by atoms with Gasteiger partial charge in [-0.2, -0.15) is 0 Å². The lowest BCUT2D eigenvalue weighted by atomic mass is 9.92. The van der Waals surface area contributed by atoms with E-state index in [1.54, 1.807) is 0 Å². The van der Waals surface area contributed by atoms with Gasteiger partial charge in [0.25, 0.3) is 0 Å². The molecule has 20 heavy (non-hydrogen) atoms. The minimum atomic E-state index is 0.201. The van der Waals surface area contributed by atoms with Crippen LogP contribution in [0.15, 0.2) is 45.3 Å². The van der Waals surface area contributed by atoms with E-state index in [0.717, 1.165) is 15.5 Å². The van der Waals surface area contributed by atoms with Crippen molar-refractivity contribution in [1.29, 1.82) is 0 Å². The maximum Gasteiger partial charge on any atom is 0.0590 e. The molecule has 1 atom stereocenters. The number of halogens is 2. The monoisotopic (exact) mass is 395 g/mol. The second-order valence-electron chi connectivity index (χ2n) is 4.95. The lowest BCUT2D eigenvalue weighted by molar-refractivity contribution is 0.625. The number of nitrogens with one attached hydrogen (secondary N) is 1. The largest absolute Gasteiger partial charge is 0.306 e. The molecule has 0 heterocycles. The molecule has 1 nitrogen and oxygen atoms in total. The van der Waals surface area contributed by atoms with Crippen molar-refractivity contribution < 1.29 is 0 Å². The number of hydrogen-bond donors (Lipinski definition) is 1. The molecule has 2 aromatic rings. The van der Waals surface area contributed by atoms with Crippen LogP contribution < -0.4 is 5.32 Å². The van der Waals surface area contributed by atoms with E-state index in [9.17, 15) is 0 Å². The van der Waals surface area contributed by atoms with E-state index in [-0.39, 0.29) is 6.04 Å². The third kappa shape index (κ3) is 3.33. The van der Waals surface area contributed by atoms with Crippen LogP contribution in [0.3, 0.4) is 0 Å². The van der Waals surface area contributed by atoms with Gasteiger partial charge in [-0.05, 0) is 60.8 Å². The van der Waals surface area contributed by atoms with E-state index in [1.165, 1.54) is 22.3 Å². The molecule has 1 N–H and O–H groups in total. The predicted octanol–water partition coefficient (Wildman–Crippen LogP) is 5.53. The highest BCUT2D eigenvalue weighted by Gasteiger charge is 2.18. The maximum absolute atomic E-state index is 3.68. The van der Waals surface area contributed by atoms with Crippen molar-refractivity contribution in [1.82, 2.24) is 5.32 Å². The fraction of sp³-hybridized carbons (Fsp3) is 0.294. The molecule has 0 amide bonds. The zero-order valence-corrected chi connectivity index (χ0v) is 15.2. The molecule has 0 aromatic heterocycles. The Morgan fingerprint density at radius 1 is 1.05 bits per heavy atom. The molecule has 2 rings (SSSR count). The molecule has 0 radical (unpaired) electrons. The molecule has 3 heteroatoms. The molecule has 106 valence electrons. The van der Waals surface area contributed by atoms with Crippen LogP contribution in [-0.2, 0) is 0 Å². The van der Waals surface area contributed by atoms with E-state index >= 15 is 0 Å². The molecule has 0 saturated carbocycles. The summed E-state index contributed by atoms with van der Waals surface area (Å²) in [7, 11) is 0. The Labute approximate surface area is 138 Å². The van der Waals surface area contributed by atoms with Gasteiger partial charge in [-0.3, -0.25) is 0 Å². The first-order chi connectivity index (χ1) is 9.54. The van der Waals surface area contributed by atoms with Crippen LogP contribution in [0.5, 0.6) is 0 Å². The Hall–Kier alpha value is -0.640. The standard InChI is InChI=1S/C17H19Br2N/c1-4-20-17(14-7-5-6-11(2)12(14)3)15-10-13(18)8-9-16(15)19/h5-10,17,20H,4H2,1-3H3. The molecular formula is C17H19Br2N. The van der Waals surface area contributed by atoms with Crippen LogP contribution in [0.4, 0.5) is 0 Å². The molecule has 1 unspecified atom stereocenters. The summed E-state index contributed by atoms with van der Waals surface area (Å²) in [6.45, 7) is 7.43. The Morgan fingerprint density at radius 3 is 2.50 bits per heavy atom. The third-order valence-electron chi connectivity index (χ3n) is 3.63. The summed E-state index contributed by atoms with van der Waals surface area (Å²) >= 11 is 7.25. The Bertz CT molecular complexity index is 606. The van der Waals surface area contributed by atoms with Crippen LogP contribution in [0.25, 0.3) is 0 Å². The van der Waals surface area contributed by atoms with Gasteiger partial charge < -0.3 is 5.32 Å². The van der Waals surface area contributed by atoms with Crippen molar-refractivity contribution in [2.45, 2.75) is 26.8 Å². The first-order valence-electron chi connectivity index (χ1n) is 6.79.